The Bertz CT molecular complexity index is 717. The highest BCUT2D eigenvalue weighted by atomic mass is 19.1. The van der Waals surface area contributed by atoms with E-state index in [1.54, 1.807) is 19.6 Å². The van der Waals surface area contributed by atoms with Crippen LogP contribution >= 0.6 is 0 Å². The molecule has 0 saturated heterocycles. The summed E-state index contributed by atoms with van der Waals surface area (Å²) in [7, 11) is 2.98. The molecule has 1 aliphatic rings. The molecule has 2 aromatic carbocycles. The quantitative estimate of drug-likeness (QED) is 0.641. The molecule has 1 aliphatic heterocycles. The summed E-state index contributed by atoms with van der Waals surface area (Å²) in [6.45, 7) is 0.493. The first-order valence-corrected chi connectivity index (χ1v) is 6.76. The van der Waals surface area contributed by atoms with E-state index in [4.69, 9.17) is 9.39 Å². The van der Waals surface area contributed by atoms with Crippen molar-refractivity contribution in [2.24, 2.45) is 0 Å². The Morgan fingerprint density at radius 1 is 1.32 bits per heavy atom. The fraction of sp³-hybridized carbons (Fsp3) is 0.188. The van der Waals surface area contributed by atoms with Crippen LogP contribution < -0.4 is 10.2 Å². The van der Waals surface area contributed by atoms with Crippen LogP contribution in [-0.2, 0) is 27.2 Å². The van der Waals surface area contributed by atoms with Gasteiger partial charge >= 0.3 is 13.5 Å². The van der Waals surface area contributed by atoms with Crippen LogP contribution in [0.2, 0.25) is 0 Å². The molecule has 0 spiro atoms. The van der Waals surface area contributed by atoms with Crippen molar-refractivity contribution in [3.05, 3.63) is 53.3 Å². The Kier molecular flexibility index (Phi) is 4.11. The molecule has 0 fully saturated rings. The summed E-state index contributed by atoms with van der Waals surface area (Å²) < 4.78 is 29.4. The summed E-state index contributed by atoms with van der Waals surface area (Å²) in [5.74, 6) is -0.290. The van der Waals surface area contributed by atoms with Crippen molar-refractivity contribution in [3.8, 4) is 11.5 Å². The van der Waals surface area contributed by atoms with Crippen LogP contribution in [0.25, 0.3) is 0 Å². The molecule has 4 nitrogen and oxygen atoms in total. The largest absolute Gasteiger partial charge is 0.469 e. The number of hydrogen-bond donors (Lipinski definition) is 0. The lowest BCUT2D eigenvalue weighted by atomic mass is 9.87. The molecule has 0 saturated carbocycles. The predicted octanol–water partition coefficient (Wildman–Crippen LogP) is 2.11. The Labute approximate surface area is 128 Å². The van der Waals surface area contributed by atoms with Crippen molar-refractivity contribution in [1.82, 2.24) is 0 Å². The average molecular weight is 299 g/mol. The number of ether oxygens (including phenoxy) is 2. The van der Waals surface area contributed by atoms with Gasteiger partial charge in [-0.05, 0) is 40.9 Å². The second-order valence-electron chi connectivity index (χ2n) is 4.91. The number of esters is 1. The Morgan fingerprint density at radius 2 is 2.18 bits per heavy atom. The third-order valence-corrected chi connectivity index (χ3v) is 3.36. The molecular weight excluding hydrogens is 286 g/mol. The third-order valence-electron chi connectivity index (χ3n) is 3.36. The molecule has 0 N–H and O–H groups in total. The molecule has 0 aliphatic carbocycles. The molecule has 111 valence electrons. The first-order chi connectivity index (χ1) is 10.7. The SMILES string of the molecule is COC(=O)Cc1ccc(Oc2ccc3c(c2)CO[B]3)c(F)c1. The number of benzene rings is 2. The molecule has 0 bridgehead atoms. The van der Waals surface area contributed by atoms with Gasteiger partial charge in [0.05, 0.1) is 20.1 Å². The lowest BCUT2D eigenvalue weighted by Crippen LogP contribution is -2.10. The molecule has 0 unspecified atom stereocenters. The minimum atomic E-state index is -0.523. The van der Waals surface area contributed by atoms with Crippen LogP contribution in [0.3, 0.4) is 0 Å². The van der Waals surface area contributed by atoms with E-state index in [0.717, 1.165) is 11.0 Å². The van der Waals surface area contributed by atoms with E-state index >= 15 is 0 Å². The summed E-state index contributed by atoms with van der Waals surface area (Å²) in [6, 6.07) is 9.85. The van der Waals surface area contributed by atoms with Gasteiger partial charge in [-0.2, -0.15) is 0 Å². The highest BCUT2D eigenvalue weighted by molar-refractivity contribution is 6.48. The lowest BCUT2D eigenvalue weighted by Gasteiger charge is -2.09. The molecule has 1 heterocycles. The van der Waals surface area contributed by atoms with Gasteiger partial charge in [-0.15, -0.1) is 0 Å². The maximum absolute atomic E-state index is 14.1. The van der Waals surface area contributed by atoms with E-state index in [9.17, 15) is 9.18 Å². The van der Waals surface area contributed by atoms with Crippen LogP contribution in [0.15, 0.2) is 36.4 Å². The second-order valence-corrected chi connectivity index (χ2v) is 4.91. The van der Waals surface area contributed by atoms with Crippen LogP contribution in [-0.4, -0.2) is 20.6 Å². The van der Waals surface area contributed by atoms with Gasteiger partial charge in [0.25, 0.3) is 0 Å². The highest BCUT2D eigenvalue weighted by Gasteiger charge is 2.15. The molecule has 0 aromatic heterocycles. The smallest absolute Gasteiger partial charge is 0.330 e. The maximum atomic E-state index is 14.1. The van der Waals surface area contributed by atoms with Crippen molar-refractivity contribution in [3.63, 3.8) is 0 Å². The number of carbonyl (C=O) groups is 1. The number of rotatable bonds is 4. The zero-order valence-corrected chi connectivity index (χ0v) is 12.0. The Balaban J connectivity index is 1.76. The zero-order valence-electron chi connectivity index (χ0n) is 12.0. The highest BCUT2D eigenvalue weighted by Crippen LogP contribution is 2.26. The minimum Gasteiger partial charge on any atom is -0.469 e. The van der Waals surface area contributed by atoms with E-state index in [-0.39, 0.29) is 12.2 Å². The number of hydrogen-bond acceptors (Lipinski definition) is 4. The second kappa shape index (κ2) is 6.19. The summed E-state index contributed by atoms with van der Waals surface area (Å²) in [5.41, 5.74) is 2.54. The Hall–Kier alpha value is -2.34. The monoisotopic (exact) mass is 299 g/mol. The number of methoxy groups -OCH3 is 1. The average Bonchev–Trinajstić information content (AvgIpc) is 2.97. The molecule has 6 heteroatoms. The number of fused-ring (bicyclic) bond motifs is 1. The van der Waals surface area contributed by atoms with Gasteiger partial charge in [-0.3, -0.25) is 4.79 Å². The molecule has 22 heavy (non-hydrogen) atoms. The normalized spacial score (nSPS) is 12.5. The van der Waals surface area contributed by atoms with Gasteiger partial charge in [0, 0.05) is 0 Å². The van der Waals surface area contributed by atoms with E-state index in [1.807, 2.05) is 12.1 Å². The van der Waals surface area contributed by atoms with Crippen LogP contribution in [0.4, 0.5) is 4.39 Å². The molecular formula is C16H13BFO4. The summed E-state index contributed by atoms with van der Waals surface area (Å²) in [4.78, 5) is 11.2. The molecule has 3 rings (SSSR count). The fourth-order valence-corrected chi connectivity index (χ4v) is 2.21. The van der Waals surface area contributed by atoms with E-state index in [1.165, 1.54) is 19.2 Å². The summed E-state index contributed by atoms with van der Waals surface area (Å²) in [5, 5.41) is 0. The zero-order chi connectivity index (χ0) is 15.5. The van der Waals surface area contributed by atoms with Crippen molar-refractivity contribution in [2.45, 2.75) is 13.0 Å². The maximum Gasteiger partial charge on any atom is 0.330 e. The van der Waals surface area contributed by atoms with E-state index in [2.05, 4.69) is 4.74 Å². The molecule has 2 aromatic rings. The Morgan fingerprint density at radius 3 is 2.95 bits per heavy atom. The van der Waals surface area contributed by atoms with Gasteiger partial charge in [0.1, 0.15) is 5.75 Å². The third kappa shape index (κ3) is 3.12. The van der Waals surface area contributed by atoms with Crippen LogP contribution in [0.1, 0.15) is 11.1 Å². The standard InChI is InChI=1S/C16H13BFO4/c1-20-16(19)7-10-2-5-15(14(18)6-10)22-12-3-4-13-11(8-12)9-21-17-13/h2-6,8H,7,9H2,1H3. The van der Waals surface area contributed by atoms with E-state index in [0.29, 0.717) is 17.9 Å². The minimum absolute atomic E-state index is 0.0275. The van der Waals surface area contributed by atoms with Gasteiger partial charge in [0.15, 0.2) is 11.6 Å². The van der Waals surface area contributed by atoms with Crippen molar-refractivity contribution >= 4 is 18.9 Å². The van der Waals surface area contributed by atoms with Crippen molar-refractivity contribution < 1.29 is 23.3 Å². The first-order valence-electron chi connectivity index (χ1n) is 6.76. The van der Waals surface area contributed by atoms with Gasteiger partial charge in [-0.1, -0.05) is 12.1 Å². The van der Waals surface area contributed by atoms with Crippen LogP contribution in [0, 0.1) is 5.82 Å². The van der Waals surface area contributed by atoms with Crippen molar-refractivity contribution in [2.75, 3.05) is 7.11 Å². The van der Waals surface area contributed by atoms with Gasteiger partial charge in [-0.25, -0.2) is 4.39 Å². The van der Waals surface area contributed by atoms with Crippen LogP contribution in [0.5, 0.6) is 11.5 Å². The molecule has 0 amide bonds. The van der Waals surface area contributed by atoms with Gasteiger partial charge in [0.2, 0.25) is 0 Å². The topological polar surface area (TPSA) is 44.8 Å². The number of halogens is 1. The molecule has 0 atom stereocenters. The first kappa shape index (κ1) is 14.6. The van der Waals surface area contributed by atoms with E-state index < -0.39 is 11.8 Å². The summed E-state index contributed by atoms with van der Waals surface area (Å²) in [6.07, 6.45) is 0.0275. The fourth-order valence-electron chi connectivity index (χ4n) is 2.21. The van der Waals surface area contributed by atoms with Gasteiger partial charge < -0.3 is 14.1 Å². The molecule has 1 radical (unpaired) electrons. The summed E-state index contributed by atoms with van der Waals surface area (Å²) >= 11 is 0. The number of carbonyl (C=O) groups excluding carboxylic acids is 1. The predicted molar refractivity (Wildman–Crippen MR) is 78.8 cm³/mol. The lowest BCUT2D eigenvalue weighted by molar-refractivity contribution is -0.139. The van der Waals surface area contributed by atoms with Crippen molar-refractivity contribution in [1.29, 1.82) is 0 Å².